The molecule has 0 bridgehead atoms. The number of para-hydroxylation sites is 1. The van der Waals surface area contributed by atoms with Crippen LogP contribution < -0.4 is 10.1 Å². The number of carbonyl (C=O) groups is 1. The quantitative estimate of drug-likeness (QED) is 0.790. The lowest BCUT2D eigenvalue weighted by Gasteiger charge is -2.09. The number of benzene rings is 2. The molecule has 2 aromatic carbocycles. The minimum Gasteiger partial charge on any atom is -0.496 e. The van der Waals surface area contributed by atoms with Gasteiger partial charge in [-0.2, -0.15) is 0 Å². The fourth-order valence-electron chi connectivity index (χ4n) is 2.23. The minimum atomic E-state index is -0.0767. The number of hydrogen-bond acceptors (Lipinski definition) is 2. The lowest BCUT2D eigenvalue weighted by atomic mass is 10.1. The Morgan fingerprint density at radius 3 is 2.48 bits per heavy atom. The van der Waals surface area contributed by atoms with E-state index in [1.165, 1.54) is 5.56 Å². The van der Waals surface area contributed by atoms with Gasteiger partial charge in [0.05, 0.1) is 12.7 Å². The maximum Gasteiger partial charge on any atom is 0.255 e. The molecule has 1 N–H and O–H groups in total. The van der Waals surface area contributed by atoms with Crippen molar-refractivity contribution in [3.8, 4) is 5.75 Å². The Kier molecular flexibility index (Phi) is 5.83. The van der Waals surface area contributed by atoms with Crippen LogP contribution in [0.4, 0.5) is 0 Å². The van der Waals surface area contributed by atoms with Gasteiger partial charge < -0.3 is 10.1 Å². The second kappa shape index (κ2) is 8.10. The first-order chi connectivity index (χ1) is 10.3. The van der Waals surface area contributed by atoms with Gasteiger partial charge in [0.15, 0.2) is 0 Å². The Balaban J connectivity index is 1.72. The Morgan fingerprint density at radius 2 is 1.71 bits per heavy atom. The summed E-state index contributed by atoms with van der Waals surface area (Å²) in [5.74, 6) is 0.534. The average Bonchev–Trinajstić information content (AvgIpc) is 2.55. The van der Waals surface area contributed by atoms with Crippen molar-refractivity contribution in [2.45, 2.75) is 19.3 Å². The summed E-state index contributed by atoms with van der Waals surface area (Å²) in [6, 6.07) is 17.7. The monoisotopic (exact) mass is 283 g/mol. The van der Waals surface area contributed by atoms with Gasteiger partial charge in [0.2, 0.25) is 0 Å². The van der Waals surface area contributed by atoms with Gasteiger partial charge in [-0.1, -0.05) is 42.5 Å². The molecule has 0 spiro atoms. The number of unbranched alkanes of at least 4 members (excludes halogenated alkanes) is 1. The van der Waals surface area contributed by atoms with Crippen LogP contribution in [-0.4, -0.2) is 19.6 Å². The highest BCUT2D eigenvalue weighted by Gasteiger charge is 2.10. The van der Waals surface area contributed by atoms with Gasteiger partial charge >= 0.3 is 0 Å². The van der Waals surface area contributed by atoms with Gasteiger partial charge in [-0.15, -0.1) is 0 Å². The number of aryl methyl sites for hydroxylation is 1. The molecule has 2 rings (SSSR count). The molecule has 0 fully saturated rings. The average molecular weight is 283 g/mol. The number of rotatable bonds is 7. The van der Waals surface area contributed by atoms with Crippen molar-refractivity contribution in [3.63, 3.8) is 0 Å². The minimum absolute atomic E-state index is 0.0767. The van der Waals surface area contributed by atoms with Crippen molar-refractivity contribution >= 4 is 5.91 Å². The second-order valence-corrected chi connectivity index (χ2v) is 4.90. The molecular formula is C18H21NO2. The fraction of sp³-hybridized carbons (Fsp3) is 0.278. The highest BCUT2D eigenvalue weighted by atomic mass is 16.5. The van der Waals surface area contributed by atoms with Crippen molar-refractivity contribution in [3.05, 3.63) is 65.7 Å². The zero-order chi connectivity index (χ0) is 14.9. The zero-order valence-corrected chi connectivity index (χ0v) is 12.3. The highest BCUT2D eigenvalue weighted by Crippen LogP contribution is 2.16. The van der Waals surface area contributed by atoms with Gasteiger partial charge in [-0.3, -0.25) is 4.79 Å². The molecule has 3 heteroatoms. The summed E-state index contributed by atoms with van der Waals surface area (Å²) >= 11 is 0. The number of carbonyl (C=O) groups excluding carboxylic acids is 1. The first kappa shape index (κ1) is 15.1. The maximum absolute atomic E-state index is 12.1. The van der Waals surface area contributed by atoms with Crippen LogP contribution in [0, 0.1) is 0 Å². The van der Waals surface area contributed by atoms with Gasteiger partial charge in [0, 0.05) is 6.54 Å². The third kappa shape index (κ3) is 4.63. The number of nitrogens with one attached hydrogen (secondary N) is 1. The molecule has 0 saturated carbocycles. The van der Waals surface area contributed by atoms with Crippen LogP contribution in [0.3, 0.4) is 0 Å². The second-order valence-electron chi connectivity index (χ2n) is 4.90. The molecule has 0 aliphatic carbocycles. The molecule has 110 valence electrons. The molecule has 0 saturated heterocycles. The summed E-state index contributed by atoms with van der Waals surface area (Å²) in [6.45, 7) is 0.684. The molecule has 3 nitrogen and oxygen atoms in total. The maximum atomic E-state index is 12.1. The number of amides is 1. The number of ether oxygens (including phenoxy) is 1. The fourth-order valence-corrected chi connectivity index (χ4v) is 2.23. The molecule has 0 aromatic heterocycles. The predicted molar refractivity (Wildman–Crippen MR) is 84.7 cm³/mol. The number of methoxy groups -OCH3 is 1. The van der Waals surface area contributed by atoms with Crippen molar-refractivity contribution in [1.82, 2.24) is 5.32 Å². The molecule has 0 aliphatic rings. The van der Waals surface area contributed by atoms with E-state index in [0.717, 1.165) is 19.3 Å². The van der Waals surface area contributed by atoms with Crippen LogP contribution in [0.15, 0.2) is 54.6 Å². The summed E-state index contributed by atoms with van der Waals surface area (Å²) < 4.78 is 5.19. The highest BCUT2D eigenvalue weighted by molar-refractivity contribution is 5.96. The smallest absolute Gasteiger partial charge is 0.255 e. The normalized spacial score (nSPS) is 10.1. The van der Waals surface area contributed by atoms with Crippen molar-refractivity contribution in [2.75, 3.05) is 13.7 Å². The van der Waals surface area contributed by atoms with Crippen LogP contribution in [0.1, 0.15) is 28.8 Å². The summed E-state index contributed by atoms with van der Waals surface area (Å²) in [5.41, 5.74) is 1.93. The van der Waals surface area contributed by atoms with Gasteiger partial charge in [-0.25, -0.2) is 0 Å². The SMILES string of the molecule is COc1ccccc1C(=O)NCCCCc1ccccc1. The summed E-state index contributed by atoms with van der Waals surface area (Å²) in [4.78, 5) is 12.1. The van der Waals surface area contributed by atoms with E-state index >= 15 is 0 Å². The molecular weight excluding hydrogens is 262 g/mol. The van der Waals surface area contributed by atoms with E-state index in [2.05, 4.69) is 29.6 Å². The van der Waals surface area contributed by atoms with Crippen LogP contribution >= 0.6 is 0 Å². The van der Waals surface area contributed by atoms with E-state index in [-0.39, 0.29) is 5.91 Å². The standard InChI is InChI=1S/C18H21NO2/c1-21-17-13-6-5-12-16(17)18(20)19-14-8-7-11-15-9-3-2-4-10-15/h2-6,9-10,12-13H,7-8,11,14H2,1H3,(H,19,20). The van der Waals surface area contributed by atoms with Crippen molar-refractivity contribution in [1.29, 1.82) is 0 Å². The van der Waals surface area contributed by atoms with E-state index in [1.54, 1.807) is 19.2 Å². The van der Waals surface area contributed by atoms with Crippen LogP contribution in [0.2, 0.25) is 0 Å². The molecule has 0 heterocycles. The van der Waals surface area contributed by atoms with Crippen LogP contribution in [0.5, 0.6) is 5.75 Å². The third-order valence-electron chi connectivity index (χ3n) is 3.37. The summed E-state index contributed by atoms with van der Waals surface area (Å²) in [7, 11) is 1.58. The summed E-state index contributed by atoms with van der Waals surface area (Å²) in [5, 5.41) is 2.94. The van der Waals surface area contributed by atoms with E-state index in [9.17, 15) is 4.79 Å². The molecule has 21 heavy (non-hydrogen) atoms. The van der Waals surface area contributed by atoms with E-state index in [4.69, 9.17) is 4.74 Å². The van der Waals surface area contributed by atoms with Gasteiger partial charge in [-0.05, 0) is 37.0 Å². The lowest BCUT2D eigenvalue weighted by Crippen LogP contribution is -2.24. The lowest BCUT2D eigenvalue weighted by molar-refractivity contribution is 0.0950. The molecule has 0 unspecified atom stereocenters. The molecule has 2 aromatic rings. The molecule has 0 aliphatic heterocycles. The van der Waals surface area contributed by atoms with E-state index in [0.29, 0.717) is 17.9 Å². The molecule has 1 amide bonds. The van der Waals surface area contributed by atoms with E-state index < -0.39 is 0 Å². The van der Waals surface area contributed by atoms with Crippen LogP contribution in [-0.2, 0) is 6.42 Å². The molecule has 0 radical (unpaired) electrons. The van der Waals surface area contributed by atoms with Gasteiger partial charge in [0.25, 0.3) is 5.91 Å². The predicted octanol–water partition coefficient (Wildman–Crippen LogP) is 3.45. The van der Waals surface area contributed by atoms with Crippen molar-refractivity contribution in [2.24, 2.45) is 0 Å². The topological polar surface area (TPSA) is 38.3 Å². The first-order valence-electron chi connectivity index (χ1n) is 7.26. The Bertz CT molecular complexity index is 566. The third-order valence-corrected chi connectivity index (χ3v) is 3.37. The Morgan fingerprint density at radius 1 is 1.00 bits per heavy atom. The molecule has 0 atom stereocenters. The first-order valence-corrected chi connectivity index (χ1v) is 7.26. The van der Waals surface area contributed by atoms with Crippen molar-refractivity contribution < 1.29 is 9.53 Å². The van der Waals surface area contributed by atoms with Gasteiger partial charge in [0.1, 0.15) is 5.75 Å². The summed E-state index contributed by atoms with van der Waals surface area (Å²) in [6.07, 6.45) is 3.08. The Labute approximate surface area is 126 Å². The van der Waals surface area contributed by atoms with Crippen LogP contribution in [0.25, 0.3) is 0 Å². The van der Waals surface area contributed by atoms with E-state index in [1.807, 2.05) is 18.2 Å². The number of hydrogen-bond donors (Lipinski definition) is 1. The Hall–Kier alpha value is -2.29. The largest absolute Gasteiger partial charge is 0.496 e. The zero-order valence-electron chi connectivity index (χ0n) is 12.3.